The fourth-order valence-corrected chi connectivity index (χ4v) is 0.912. The third-order valence-electron chi connectivity index (χ3n) is 1.20. The van der Waals surface area contributed by atoms with E-state index < -0.39 is 0 Å². The van der Waals surface area contributed by atoms with Crippen molar-refractivity contribution in [1.82, 2.24) is 4.98 Å². The van der Waals surface area contributed by atoms with Crippen LogP contribution in [0.2, 0.25) is 0 Å². The Bertz CT molecular complexity index is 195. The number of aromatic nitrogens is 1. The molecule has 2 nitrogen and oxygen atoms in total. The molecule has 0 amide bonds. The summed E-state index contributed by atoms with van der Waals surface area (Å²) in [5.41, 5.74) is 1.03. The van der Waals surface area contributed by atoms with Gasteiger partial charge in [-0.05, 0) is 6.07 Å². The van der Waals surface area contributed by atoms with Crippen LogP contribution in [0.5, 0.6) is 5.88 Å². The van der Waals surface area contributed by atoms with E-state index in [0.717, 1.165) is 11.9 Å². The Balaban J connectivity index is 2.87. The van der Waals surface area contributed by atoms with E-state index in [2.05, 4.69) is 14.2 Å². The predicted octanol–water partition coefficient (Wildman–Crippen LogP) is 1.47. The van der Waals surface area contributed by atoms with Crippen molar-refractivity contribution in [1.29, 1.82) is 0 Å². The molecule has 1 aromatic rings. The van der Waals surface area contributed by atoms with E-state index in [9.17, 15) is 0 Å². The van der Waals surface area contributed by atoms with Gasteiger partial charge in [-0.15, -0.1) is 9.24 Å². The molecule has 0 saturated carbocycles. The zero-order chi connectivity index (χ0) is 7.40. The van der Waals surface area contributed by atoms with E-state index >= 15 is 0 Å². The Hall–Kier alpha value is -0.620. The lowest BCUT2D eigenvalue weighted by molar-refractivity contribution is 0.397. The predicted molar refractivity (Wildman–Crippen MR) is 44.2 cm³/mol. The Morgan fingerprint density at radius 3 is 3.00 bits per heavy atom. The molecule has 0 saturated heterocycles. The van der Waals surface area contributed by atoms with Gasteiger partial charge in [-0.1, -0.05) is 6.07 Å². The standard InChI is InChI=1S/C7H10NOP/c1-9-7-4-2-3-6(5-10)8-7/h2-4H,5,10H2,1H3. The summed E-state index contributed by atoms with van der Waals surface area (Å²) in [5.74, 6) is 0.681. The first-order valence-corrected chi connectivity index (χ1v) is 3.88. The van der Waals surface area contributed by atoms with Gasteiger partial charge in [-0.3, -0.25) is 0 Å². The van der Waals surface area contributed by atoms with Crippen molar-refractivity contribution < 1.29 is 4.74 Å². The molecular weight excluding hydrogens is 145 g/mol. The molecule has 0 aromatic carbocycles. The first-order chi connectivity index (χ1) is 4.86. The summed E-state index contributed by atoms with van der Waals surface area (Å²) in [7, 11) is 4.24. The molecule has 1 heterocycles. The molecule has 0 aliphatic heterocycles. The van der Waals surface area contributed by atoms with Gasteiger partial charge >= 0.3 is 0 Å². The zero-order valence-electron chi connectivity index (χ0n) is 5.87. The van der Waals surface area contributed by atoms with Crippen LogP contribution in [0.4, 0.5) is 0 Å². The largest absolute Gasteiger partial charge is 0.481 e. The number of nitrogens with zero attached hydrogens (tertiary/aromatic N) is 1. The Labute approximate surface area is 62.8 Å². The number of rotatable bonds is 2. The quantitative estimate of drug-likeness (QED) is 0.603. The molecule has 0 fully saturated rings. The highest BCUT2D eigenvalue weighted by Gasteiger charge is 1.92. The van der Waals surface area contributed by atoms with Crippen molar-refractivity contribution >= 4 is 9.24 Å². The lowest BCUT2D eigenvalue weighted by Crippen LogP contribution is -1.89. The van der Waals surface area contributed by atoms with Crippen molar-refractivity contribution in [2.24, 2.45) is 0 Å². The van der Waals surface area contributed by atoms with Gasteiger partial charge in [0, 0.05) is 17.9 Å². The van der Waals surface area contributed by atoms with E-state index in [4.69, 9.17) is 4.74 Å². The van der Waals surface area contributed by atoms with Crippen molar-refractivity contribution in [3.05, 3.63) is 23.9 Å². The van der Waals surface area contributed by atoms with Crippen LogP contribution in [-0.4, -0.2) is 12.1 Å². The second kappa shape index (κ2) is 3.52. The van der Waals surface area contributed by atoms with E-state index in [1.807, 2.05) is 18.2 Å². The minimum atomic E-state index is 0.681. The van der Waals surface area contributed by atoms with Crippen LogP contribution in [-0.2, 0) is 6.16 Å². The van der Waals surface area contributed by atoms with E-state index in [1.54, 1.807) is 7.11 Å². The molecule has 1 unspecified atom stereocenters. The van der Waals surface area contributed by atoms with Gasteiger partial charge in [0.2, 0.25) is 5.88 Å². The Morgan fingerprint density at radius 1 is 1.60 bits per heavy atom. The average Bonchev–Trinajstić information content (AvgIpc) is 2.05. The van der Waals surface area contributed by atoms with Crippen molar-refractivity contribution in [3.63, 3.8) is 0 Å². The summed E-state index contributed by atoms with van der Waals surface area (Å²) < 4.78 is 4.94. The fourth-order valence-electron chi connectivity index (χ4n) is 0.685. The second-order valence-corrected chi connectivity index (χ2v) is 2.28. The lowest BCUT2D eigenvalue weighted by Gasteiger charge is -1.98. The SMILES string of the molecule is COc1cccc(CP)n1. The van der Waals surface area contributed by atoms with Gasteiger partial charge in [0.25, 0.3) is 0 Å². The van der Waals surface area contributed by atoms with Gasteiger partial charge in [0.1, 0.15) is 0 Å². The van der Waals surface area contributed by atoms with Crippen LogP contribution in [0.25, 0.3) is 0 Å². The zero-order valence-corrected chi connectivity index (χ0v) is 7.03. The molecule has 0 N–H and O–H groups in total. The fraction of sp³-hybridized carbons (Fsp3) is 0.286. The molecule has 0 bridgehead atoms. The van der Waals surface area contributed by atoms with Crippen molar-refractivity contribution in [3.8, 4) is 5.88 Å². The minimum absolute atomic E-state index is 0.681. The molecule has 1 atom stereocenters. The molecule has 3 heteroatoms. The van der Waals surface area contributed by atoms with Gasteiger partial charge in [0.15, 0.2) is 0 Å². The second-order valence-electron chi connectivity index (χ2n) is 1.88. The first kappa shape index (κ1) is 7.49. The number of pyridine rings is 1. The van der Waals surface area contributed by atoms with Crippen molar-refractivity contribution in [2.45, 2.75) is 6.16 Å². The van der Waals surface area contributed by atoms with Gasteiger partial charge in [-0.2, -0.15) is 0 Å². The molecule has 0 spiro atoms. The highest BCUT2D eigenvalue weighted by Crippen LogP contribution is 2.08. The number of ether oxygens (including phenoxy) is 1. The monoisotopic (exact) mass is 155 g/mol. The van der Waals surface area contributed by atoms with Crippen LogP contribution in [0, 0.1) is 0 Å². The normalized spacial score (nSPS) is 9.40. The number of hydrogen-bond acceptors (Lipinski definition) is 2. The maximum Gasteiger partial charge on any atom is 0.213 e. The molecule has 0 aliphatic rings. The topological polar surface area (TPSA) is 22.1 Å². The average molecular weight is 155 g/mol. The van der Waals surface area contributed by atoms with E-state index in [-0.39, 0.29) is 0 Å². The molecule has 10 heavy (non-hydrogen) atoms. The highest BCUT2D eigenvalue weighted by molar-refractivity contribution is 7.15. The smallest absolute Gasteiger partial charge is 0.213 e. The summed E-state index contributed by atoms with van der Waals surface area (Å²) in [6, 6.07) is 5.74. The molecular formula is C7H10NOP. The molecule has 1 rings (SSSR count). The molecule has 0 aliphatic carbocycles. The van der Waals surface area contributed by atoms with Crippen LogP contribution in [0.15, 0.2) is 18.2 Å². The molecule has 0 radical (unpaired) electrons. The summed E-state index contributed by atoms with van der Waals surface area (Å²) in [6.07, 6.45) is 0.872. The number of methoxy groups -OCH3 is 1. The van der Waals surface area contributed by atoms with Gasteiger partial charge < -0.3 is 4.74 Å². The van der Waals surface area contributed by atoms with Crippen LogP contribution in [0.1, 0.15) is 5.69 Å². The molecule has 1 aromatic heterocycles. The lowest BCUT2D eigenvalue weighted by atomic mass is 10.4. The molecule has 54 valence electrons. The summed E-state index contributed by atoms with van der Waals surface area (Å²) in [6.45, 7) is 0. The summed E-state index contributed by atoms with van der Waals surface area (Å²) in [4.78, 5) is 4.17. The third-order valence-corrected chi connectivity index (χ3v) is 1.62. The van der Waals surface area contributed by atoms with Crippen LogP contribution >= 0.6 is 9.24 Å². The van der Waals surface area contributed by atoms with Crippen LogP contribution in [0.3, 0.4) is 0 Å². The third kappa shape index (κ3) is 1.68. The maximum atomic E-state index is 4.94. The van der Waals surface area contributed by atoms with Crippen LogP contribution < -0.4 is 4.74 Å². The number of hydrogen-bond donors (Lipinski definition) is 0. The van der Waals surface area contributed by atoms with Crippen molar-refractivity contribution in [2.75, 3.05) is 7.11 Å². The summed E-state index contributed by atoms with van der Waals surface area (Å²) in [5, 5.41) is 0. The Kier molecular flexibility index (Phi) is 2.64. The maximum absolute atomic E-state index is 4.94. The Morgan fingerprint density at radius 2 is 2.40 bits per heavy atom. The summed E-state index contributed by atoms with van der Waals surface area (Å²) >= 11 is 0. The van der Waals surface area contributed by atoms with Gasteiger partial charge in [0.05, 0.1) is 7.11 Å². The highest BCUT2D eigenvalue weighted by atomic mass is 31.0. The first-order valence-electron chi connectivity index (χ1n) is 3.07. The van der Waals surface area contributed by atoms with E-state index in [1.165, 1.54) is 0 Å². The van der Waals surface area contributed by atoms with Gasteiger partial charge in [-0.25, -0.2) is 4.98 Å². The minimum Gasteiger partial charge on any atom is -0.481 e. The van der Waals surface area contributed by atoms with E-state index in [0.29, 0.717) is 5.88 Å².